The Hall–Kier alpha value is -3.25. The molecule has 3 aromatic rings. The molecule has 1 N–H and O–H groups in total. The van der Waals surface area contributed by atoms with Crippen LogP contribution in [0.25, 0.3) is 11.6 Å². The predicted molar refractivity (Wildman–Crippen MR) is 110 cm³/mol. The zero-order chi connectivity index (χ0) is 19.8. The van der Waals surface area contributed by atoms with Crippen molar-refractivity contribution in [2.24, 2.45) is 0 Å². The Balaban J connectivity index is 1.68. The zero-order valence-corrected chi connectivity index (χ0v) is 16.1. The van der Waals surface area contributed by atoms with E-state index in [1.165, 1.54) is 11.3 Å². The van der Waals surface area contributed by atoms with E-state index in [9.17, 15) is 9.90 Å². The van der Waals surface area contributed by atoms with Gasteiger partial charge in [0.25, 0.3) is 0 Å². The molecule has 0 spiro atoms. The number of hydrogen-bond acceptors (Lipinski definition) is 5. The first kappa shape index (κ1) is 19.5. The van der Waals surface area contributed by atoms with Crippen LogP contribution >= 0.6 is 11.3 Å². The molecule has 0 atom stereocenters. The van der Waals surface area contributed by atoms with Crippen LogP contribution in [0.3, 0.4) is 0 Å². The average Bonchev–Trinajstić information content (AvgIpc) is 3.25. The van der Waals surface area contributed by atoms with Crippen molar-refractivity contribution >= 4 is 29.0 Å². The molecule has 5 nitrogen and oxygen atoms in total. The number of hydrogen-bond donors (Lipinski definition) is 1. The third-order valence-electron chi connectivity index (χ3n) is 3.87. The molecule has 1 heterocycles. The lowest BCUT2D eigenvalue weighted by atomic mass is 10.1. The lowest BCUT2D eigenvalue weighted by molar-refractivity contribution is -0.130. The number of rotatable bonds is 9. The summed E-state index contributed by atoms with van der Waals surface area (Å²) in [4.78, 5) is 12.3. The molecule has 0 aliphatic heterocycles. The van der Waals surface area contributed by atoms with Gasteiger partial charge in [0.2, 0.25) is 0 Å². The molecule has 0 saturated carbocycles. The van der Waals surface area contributed by atoms with Crippen molar-refractivity contribution in [3.63, 3.8) is 0 Å². The minimum atomic E-state index is -0.972. The fourth-order valence-electron chi connectivity index (χ4n) is 2.56. The van der Waals surface area contributed by atoms with Gasteiger partial charge in [-0.1, -0.05) is 30.3 Å². The maximum Gasteiger partial charge on any atom is 0.337 e. The van der Waals surface area contributed by atoms with Crippen molar-refractivity contribution < 1.29 is 24.1 Å². The maximum absolute atomic E-state index is 11.6. The Morgan fingerprint density at radius 2 is 1.79 bits per heavy atom. The molecule has 144 valence electrons. The SMILES string of the molecule is COc1cc(/C=C(/C(=O)O)c2cccs2)ccc1OCCOc1ccccc1. The van der Waals surface area contributed by atoms with E-state index in [0.717, 1.165) is 11.3 Å². The lowest BCUT2D eigenvalue weighted by Gasteiger charge is -2.12. The summed E-state index contributed by atoms with van der Waals surface area (Å²) in [5.74, 6) is 0.918. The summed E-state index contributed by atoms with van der Waals surface area (Å²) in [6, 6.07) is 18.4. The Labute approximate surface area is 167 Å². The number of benzene rings is 2. The molecule has 0 unspecified atom stereocenters. The van der Waals surface area contributed by atoms with Crippen LogP contribution in [-0.2, 0) is 4.79 Å². The van der Waals surface area contributed by atoms with Gasteiger partial charge in [0.1, 0.15) is 19.0 Å². The van der Waals surface area contributed by atoms with Crippen LogP contribution < -0.4 is 14.2 Å². The van der Waals surface area contributed by atoms with Crippen LogP contribution in [0.1, 0.15) is 10.4 Å². The highest BCUT2D eigenvalue weighted by Crippen LogP contribution is 2.30. The number of carboxylic acids is 1. The summed E-state index contributed by atoms with van der Waals surface area (Å²) in [6.45, 7) is 0.756. The van der Waals surface area contributed by atoms with Gasteiger partial charge in [-0.3, -0.25) is 0 Å². The quantitative estimate of drug-likeness (QED) is 0.414. The molecule has 6 heteroatoms. The van der Waals surface area contributed by atoms with Crippen LogP contribution in [0.2, 0.25) is 0 Å². The Morgan fingerprint density at radius 3 is 2.46 bits per heavy atom. The summed E-state index contributed by atoms with van der Waals surface area (Å²) < 4.78 is 16.7. The lowest BCUT2D eigenvalue weighted by Crippen LogP contribution is -2.09. The van der Waals surface area contributed by atoms with E-state index in [1.807, 2.05) is 41.8 Å². The summed E-state index contributed by atoms with van der Waals surface area (Å²) in [5, 5.41) is 11.3. The number of ether oxygens (including phenoxy) is 3. The van der Waals surface area contributed by atoms with E-state index >= 15 is 0 Å². The third-order valence-corrected chi connectivity index (χ3v) is 4.77. The standard InChI is InChI=1S/C22H20O5S/c1-25-20-15-16(14-18(22(23)24)21-8-5-13-28-21)9-10-19(20)27-12-11-26-17-6-3-2-4-7-17/h2-10,13-15H,11-12H2,1H3,(H,23,24)/b18-14+. The number of methoxy groups -OCH3 is 1. The summed E-state index contributed by atoms with van der Waals surface area (Å²) >= 11 is 1.38. The third kappa shape index (κ3) is 5.14. The average molecular weight is 396 g/mol. The molecule has 0 radical (unpaired) electrons. The molecule has 0 fully saturated rings. The second-order valence-electron chi connectivity index (χ2n) is 5.76. The topological polar surface area (TPSA) is 65.0 Å². The van der Waals surface area contributed by atoms with E-state index in [-0.39, 0.29) is 5.57 Å². The van der Waals surface area contributed by atoms with Crippen molar-refractivity contribution in [2.45, 2.75) is 0 Å². The van der Waals surface area contributed by atoms with Gasteiger partial charge in [-0.2, -0.15) is 0 Å². The van der Waals surface area contributed by atoms with Crippen LogP contribution in [-0.4, -0.2) is 31.4 Å². The Bertz CT molecular complexity index is 933. The predicted octanol–water partition coefficient (Wildman–Crippen LogP) is 4.84. The number of thiophene rings is 1. The first-order chi connectivity index (χ1) is 13.7. The normalized spacial score (nSPS) is 11.1. The number of carboxylic acid groups (broad SMARTS) is 1. The summed E-state index contributed by atoms with van der Waals surface area (Å²) in [6.07, 6.45) is 1.62. The molecular formula is C22H20O5S. The highest BCUT2D eigenvalue weighted by atomic mass is 32.1. The van der Waals surface area contributed by atoms with E-state index < -0.39 is 5.97 Å². The van der Waals surface area contributed by atoms with E-state index in [4.69, 9.17) is 14.2 Å². The molecule has 3 rings (SSSR count). The second-order valence-corrected chi connectivity index (χ2v) is 6.71. The van der Waals surface area contributed by atoms with Crippen molar-refractivity contribution in [3.8, 4) is 17.2 Å². The number of carbonyl (C=O) groups is 1. The van der Waals surface area contributed by atoms with Crippen molar-refractivity contribution in [2.75, 3.05) is 20.3 Å². The van der Waals surface area contributed by atoms with Gasteiger partial charge in [0.05, 0.1) is 12.7 Å². The van der Waals surface area contributed by atoms with E-state index in [2.05, 4.69) is 0 Å². The van der Waals surface area contributed by atoms with E-state index in [1.54, 1.807) is 37.5 Å². The molecule has 0 aliphatic carbocycles. The summed E-state index contributed by atoms with van der Waals surface area (Å²) in [5.41, 5.74) is 0.956. The smallest absolute Gasteiger partial charge is 0.337 e. The van der Waals surface area contributed by atoms with Crippen molar-refractivity contribution in [1.29, 1.82) is 0 Å². The summed E-state index contributed by atoms with van der Waals surface area (Å²) in [7, 11) is 1.55. The van der Waals surface area contributed by atoms with Crippen LogP contribution in [0.4, 0.5) is 0 Å². The fourth-order valence-corrected chi connectivity index (χ4v) is 3.29. The molecule has 0 saturated heterocycles. The number of para-hydroxylation sites is 1. The zero-order valence-electron chi connectivity index (χ0n) is 15.3. The van der Waals surface area contributed by atoms with Gasteiger partial charge >= 0.3 is 5.97 Å². The van der Waals surface area contributed by atoms with Crippen molar-refractivity contribution in [1.82, 2.24) is 0 Å². The minimum absolute atomic E-state index is 0.238. The van der Waals surface area contributed by atoms with Gasteiger partial charge in [-0.25, -0.2) is 4.79 Å². The first-order valence-corrected chi connectivity index (χ1v) is 9.53. The van der Waals surface area contributed by atoms with Crippen LogP contribution in [0.15, 0.2) is 66.0 Å². The monoisotopic (exact) mass is 396 g/mol. The molecule has 28 heavy (non-hydrogen) atoms. The van der Waals surface area contributed by atoms with Gasteiger partial charge in [-0.15, -0.1) is 11.3 Å². The second kappa shape index (κ2) is 9.62. The maximum atomic E-state index is 11.6. The van der Waals surface area contributed by atoms with Gasteiger partial charge in [0, 0.05) is 4.88 Å². The van der Waals surface area contributed by atoms with Crippen LogP contribution in [0.5, 0.6) is 17.2 Å². The van der Waals surface area contributed by atoms with Gasteiger partial charge < -0.3 is 19.3 Å². The van der Waals surface area contributed by atoms with Gasteiger partial charge in [-0.05, 0) is 47.4 Å². The highest BCUT2D eigenvalue weighted by molar-refractivity contribution is 7.11. The van der Waals surface area contributed by atoms with Gasteiger partial charge in [0.15, 0.2) is 11.5 Å². The fraction of sp³-hybridized carbons (Fsp3) is 0.136. The molecule has 0 amide bonds. The van der Waals surface area contributed by atoms with Crippen LogP contribution in [0, 0.1) is 0 Å². The Morgan fingerprint density at radius 1 is 1.00 bits per heavy atom. The number of aliphatic carboxylic acids is 1. The molecule has 0 bridgehead atoms. The minimum Gasteiger partial charge on any atom is -0.493 e. The molecule has 0 aliphatic rings. The van der Waals surface area contributed by atoms with E-state index in [0.29, 0.717) is 29.6 Å². The molecule has 2 aromatic carbocycles. The molecular weight excluding hydrogens is 376 g/mol. The first-order valence-electron chi connectivity index (χ1n) is 8.65. The molecule has 1 aromatic heterocycles. The van der Waals surface area contributed by atoms with Crippen molar-refractivity contribution in [3.05, 3.63) is 76.5 Å². The highest BCUT2D eigenvalue weighted by Gasteiger charge is 2.12. The largest absolute Gasteiger partial charge is 0.493 e. The Kier molecular flexibility index (Phi) is 6.70.